The second-order valence-electron chi connectivity index (χ2n) is 4.05. The topological polar surface area (TPSA) is 0 Å². The van der Waals surface area contributed by atoms with Crippen LogP contribution in [0.25, 0.3) is 10.1 Å². The summed E-state index contributed by atoms with van der Waals surface area (Å²) >= 11 is 1.85. The van der Waals surface area contributed by atoms with Crippen LogP contribution in [-0.2, 0) is 0 Å². The maximum atomic E-state index is 2.22. The van der Waals surface area contributed by atoms with Crippen molar-refractivity contribution < 1.29 is 0 Å². The lowest BCUT2D eigenvalue weighted by Crippen LogP contribution is -1.62. The van der Waals surface area contributed by atoms with E-state index in [1.165, 1.54) is 20.5 Å². The van der Waals surface area contributed by atoms with Crippen LogP contribution in [0.5, 0.6) is 0 Å². The van der Waals surface area contributed by atoms with Crippen LogP contribution in [0.3, 0.4) is 0 Å². The largest absolute Gasteiger partial charge is 0.141 e. The number of hydrogen-bond acceptors (Lipinski definition) is 1. The molecule has 0 bridgehead atoms. The van der Waals surface area contributed by atoms with E-state index in [-0.39, 0.29) is 0 Å². The molecule has 3 aromatic rings. The standard InChI is InChI=1S/C9H8S.C7H8/c1-7-6-8-4-2-3-5-9(8)10-7;1-7-5-3-2-4-6-7/h2-6H,1H3;2-6H,1H3. The third-order valence-electron chi connectivity index (χ3n) is 2.49. The van der Waals surface area contributed by atoms with E-state index in [2.05, 4.69) is 56.3 Å². The van der Waals surface area contributed by atoms with E-state index >= 15 is 0 Å². The van der Waals surface area contributed by atoms with E-state index < -0.39 is 0 Å². The molecule has 0 nitrogen and oxygen atoms in total. The Morgan fingerprint density at radius 2 is 1.41 bits per heavy atom. The van der Waals surface area contributed by atoms with E-state index in [9.17, 15) is 0 Å². The molecule has 0 radical (unpaired) electrons. The van der Waals surface area contributed by atoms with E-state index in [0.29, 0.717) is 0 Å². The summed E-state index contributed by atoms with van der Waals surface area (Å²) in [5, 5.41) is 1.37. The van der Waals surface area contributed by atoms with Gasteiger partial charge >= 0.3 is 0 Å². The Balaban J connectivity index is 0.000000136. The molecule has 17 heavy (non-hydrogen) atoms. The van der Waals surface area contributed by atoms with E-state index in [0.717, 1.165) is 0 Å². The van der Waals surface area contributed by atoms with Crippen LogP contribution >= 0.6 is 11.3 Å². The molecule has 0 atom stereocenters. The van der Waals surface area contributed by atoms with Gasteiger partial charge < -0.3 is 0 Å². The Hall–Kier alpha value is -1.60. The van der Waals surface area contributed by atoms with Crippen LogP contribution in [0.1, 0.15) is 10.4 Å². The van der Waals surface area contributed by atoms with Gasteiger partial charge in [-0.25, -0.2) is 0 Å². The highest BCUT2D eigenvalue weighted by atomic mass is 32.1. The molecule has 0 N–H and O–H groups in total. The Labute approximate surface area is 107 Å². The van der Waals surface area contributed by atoms with Crippen molar-refractivity contribution in [2.24, 2.45) is 0 Å². The molecular weight excluding hydrogens is 224 g/mol. The van der Waals surface area contributed by atoms with Gasteiger partial charge in [-0.1, -0.05) is 54.1 Å². The lowest BCUT2D eigenvalue weighted by molar-refractivity contribution is 1.48. The first-order chi connectivity index (χ1) is 8.25. The van der Waals surface area contributed by atoms with Gasteiger partial charge in [-0.05, 0) is 31.4 Å². The van der Waals surface area contributed by atoms with Gasteiger partial charge in [-0.3, -0.25) is 0 Å². The van der Waals surface area contributed by atoms with Crippen LogP contribution in [0.2, 0.25) is 0 Å². The lowest BCUT2D eigenvalue weighted by atomic mass is 10.2. The molecule has 0 aliphatic heterocycles. The second-order valence-corrected chi connectivity index (χ2v) is 5.34. The fourth-order valence-corrected chi connectivity index (χ4v) is 2.57. The van der Waals surface area contributed by atoms with Gasteiger partial charge in [0.05, 0.1) is 0 Å². The van der Waals surface area contributed by atoms with Gasteiger partial charge in [0.15, 0.2) is 0 Å². The molecule has 1 heteroatoms. The number of fused-ring (bicyclic) bond motifs is 1. The number of benzene rings is 2. The minimum absolute atomic E-state index is 1.32. The van der Waals surface area contributed by atoms with Crippen molar-refractivity contribution in [2.45, 2.75) is 13.8 Å². The first-order valence-corrected chi connectivity index (χ1v) is 6.54. The molecule has 0 aliphatic carbocycles. The normalized spacial score (nSPS) is 9.76. The fraction of sp³-hybridized carbons (Fsp3) is 0.125. The fourth-order valence-electron chi connectivity index (χ4n) is 1.65. The van der Waals surface area contributed by atoms with Gasteiger partial charge in [0.25, 0.3) is 0 Å². The van der Waals surface area contributed by atoms with Crippen molar-refractivity contribution in [3.8, 4) is 0 Å². The maximum Gasteiger partial charge on any atom is 0.0345 e. The van der Waals surface area contributed by atoms with E-state index in [4.69, 9.17) is 0 Å². The van der Waals surface area contributed by atoms with Gasteiger partial charge in [0.1, 0.15) is 0 Å². The van der Waals surface area contributed by atoms with Crippen LogP contribution in [0.15, 0.2) is 60.7 Å². The summed E-state index contributed by atoms with van der Waals surface area (Å²) in [6.45, 7) is 4.23. The molecule has 3 rings (SSSR count). The Bertz CT molecular complexity index is 546. The summed E-state index contributed by atoms with van der Waals surface area (Å²) < 4.78 is 1.39. The average Bonchev–Trinajstić information content (AvgIpc) is 2.71. The number of hydrogen-bond donors (Lipinski definition) is 0. The zero-order valence-corrected chi connectivity index (χ0v) is 11.0. The molecule has 0 unspecified atom stereocenters. The number of rotatable bonds is 0. The highest BCUT2D eigenvalue weighted by molar-refractivity contribution is 7.19. The highest BCUT2D eigenvalue weighted by Gasteiger charge is 1.93. The number of thiophene rings is 1. The molecule has 0 saturated carbocycles. The SMILES string of the molecule is Cc1cc2ccccc2s1.Cc1ccccc1. The predicted molar refractivity (Wildman–Crippen MR) is 77.7 cm³/mol. The second kappa shape index (κ2) is 5.65. The lowest BCUT2D eigenvalue weighted by Gasteiger charge is -1.82. The van der Waals surface area contributed by atoms with E-state index in [1.54, 1.807) is 0 Å². The first-order valence-electron chi connectivity index (χ1n) is 5.72. The monoisotopic (exact) mass is 240 g/mol. The third kappa shape index (κ3) is 3.43. The van der Waals surface area contributed by atoms with E-state index in [1.807, 2.05) is 29.5 Å². The van der Waals surface area contributed by atoms with Gasteiger partial charge in [0.2, 0.25) is 0 Å². The Morgan fingerprint density at radius 3 is 2.00 bits per heavy atom. The molecule has 1 aromatic heterocycles. The van der Waals surface area contributed by atoms with Gasteiger partial charge in [0, 0.05) is 9.58 Å². The molecule has 0 spiro atoms. The number of aryl methyl sites for hydroxylation is 2. The molecule has 0 aliphatic rings. The van der Waals surface area contributed by atoms with Crippen molar-refractivity contribution in [1.29, 1.82) is 0 Å². The molecule has 1 heterocycles. The average molecular weight is 240 g/mol. The highest BCUT2D eigenvalue weighted by Crippen LogP contribution is 2.23. The Kier molecular flexibility index (Phi) is 3.94. The third-order valence-corrected chi connectivity index (χ3v) is 3.52. The summed E-state index contributed by atoms with van der Waals surface area (Å²) in [6, 6.07) is 21.0. The van der Waals surface area contributed by atoms with Crippen molar-refractivity contribution in [1.82, 2.24) is 0 Å². The molecular formula is C16H16S. The minimum atomic E-state index is 1.32. The van der Waals surface area contributed by atoms with Crippen molar-refractivity contribution >= 4 is 21.4 Å². The van der Waals surface area contributed by atoms with Gasteiger partial charge in [-0.2, -0.15) is 0 Å². The maximum absolute atomic E-state index is 2.22. The zero-order chi connectivity index (χ0) is 12.1. The van der Waals surface area contributed by atoms with Crippen LogP contribution in [0, 0.1) is 13.8 Å². The van der Waals surface area contributed by atoms with Crippen LogP contribution in [-0.4, -0.2) is 0 Å². The predicted octanol–water partition coefficient (Wildman–Crippen LogP) is 5.20. The Morgan fingerprint density at radius 1 is 0.765 bits per heavy atom. The minimum Gasteiger partial charge on any atom is -0.141 e. The molecule has 86 valence electrons. The van der Waals surface area contributed by atoms with Crippen molar-refractivity contribution in [3.63, 3.8) is 0 Å². The molecule has 2 aromatic carbocycles. The summed E-state index contributed by atoms with van der Waals surface area (Å²) in [5.41, 5.74) is 1.32. The van der Waals surface area contributed by atoms with Gasteiger partial charge in [-0.15, -0.1) is 11.3 Å². The van der Waals surface area contributed by atoms with Crippen molar-refractivity contribution in [3.05, 3.63) is 71.1 Å². The zero-order valence-electron chi connectivity index (χ0n) is 10.2. The smallest absolute Gasteiger partial charge is 0.0345 e. The molecule has 0 amide bonds. The quantitative estimate of drug-likeness (QED) is 0.506. The molecule has 0 saturated heterocycles. The summed E-state index contributed by atoms with van der Waals surface area (Å²) in [7, 11) is 0. The summed E-state index contributed by atoms with van der Waals surface area (Å²) in [6.07, 6.45) is 0. The summed E-state index contributed by atoms with van der Waals surface area (Å²) in [5.74, 6) is 0. The van der Waals surface area contributed by atoms with Crippen molar-refractivity contribution in [2.75, 3.05) is 0 Å². The first kappa shape index (κ1) is 11.9. The van der Waals surface area contributed by atoms with Crippen LogP contribution < -0.4 is 0 Å². The molecule has 0 fully saturated rings. The summed E-state index contributed by atoms with van der Waals surface area (Å²) in [4.78, 5) is 1.39. The van der Waals surface area contributed by atoms with Crippen LogP contribution in [0.4, 0.5) is 0 Å².